The van der Waals surface area contributed by atoms with Crippen LogP contribution in [-0.4, -0.2) is 25.0 Å². The van der Waals surface area contributed by atoms with Crippen molar-refractivity contribution in [2.45, 2.75) is 57.9 Å². The quantitative estimate of drug-likeness (QED) is 0.827. The second-order valence-corrected chi connectivity index (χ2v) is 5.94. The third-order valence-electron chi connectivity index (χ3n) is 4.23. The molecule has 18 heavy (non-hydrogen) atoms. The minimum atomic E-state index is 0. The molecule has 1 aliphatic carbocycles. The van der Waals surface area contributed by atoms with Crippen LogP contribution in [0.5, 0.6) is 0 Å². The van der Waals surface area contributed by atoms with E-state index in [1.165, 1.54) is 38.5 Å². The Kier molecular flexibility index (Phi) is 7.02. The van der Waals surface area contributed by atoms with Crippen molar-refractivity contribution in [2.75, 3.05) is 13.1 Å². The molecule has 0 radical (unpaired) electrons. The Morgan fingerprint density at radius 1 is 1.28 bits per heavy atom. The predicted octanol–water partition coefficient (Wildman–Crippen LogP) is 2.49. The third-order valence-corrected chi connectivity index (χ3v) is 4.23. The molecule has 0 spiro atoms. The SMILES string of the molecule is CC1CCCC(CC(=O)NCC2CCCN2)C1.Cl. The standard InChI is InChI=1S/C14H26N2O.ClH/c1-11-4-2-5-12(8-11)9-14(17)16-10-13-6-3-7-15-13;/h11-13,15H,2-10H2,1H3,(H,16,17);1H. The molecule has 106 valence electrons. The number of carbonyl (C=O) groups is 1. The van der Waals surface area contributed by atoms with Gasteiger partial charge in [0.05, 0.1) is 0 Å². The zero-order valence-electron chi connectivity index (χ0n) is 11.4. The monoisotopic (exact) mass is 274 g/mol. The molecule has 1 heterocycles. The van der Waals surface area contributed by atoms with Gasteiger partial charge in [-0.3, -0.25) is 4.79 Å². The Bertz CT molecular complexity index is 254. The summed E-state index contributed by atoms with van der Waals surface area (Å²) < 4.78 is 0. The molecule has 2 fully saturated rings. The summed E-state index contributed by atoms with van der Waals surface area (Å²) in [7, 11) is 0. The number of nitrogens with one attached hydrogen (secondary N) is 2. The van der Waals surface area contributed by atoms with E-state index in [9.17, 15) is 4.79 Å². The number of hydrogen-bond acceptors (Lipinski definition) is 2. The summed E-state index contributed by atoms with van der Waals surface area (Å²) in [6.07, 6.45) is 8.36. The van der Waals surface area contributed by atoms with Crippen LogP contribution < -0.4 is 10.6 Å². The van der Waals surface area contributed by atoms with Crippen molar-refractivity contribution in [3.8, 4) is 0 Å². The Morgan fingerprint density at radius 3 is 2.78 bits per heavy atom. The maximum Gasteiger partial charge on any atom is 0.220 e. The zero-order chi connectivity index (χ0) is 12.1. The van der Waals surface area contributed by atoms with Gasteiger partial charge in [0.25, 0.3) is 0 Å². The molecule has 2 rings (SSSR count). The van der Waals surface area contributed by atoms with Crippen LogP contribution in [-0.2, 0) is 4.79 Å². The lowest BCUT2D eigenvalue weighted by Crippen LogP contribution is -2.38. The number of hydrogen-bond donors (Lipinski definition) is 2. The van der Waals surface area contributed by atoms with E-state index in [-0.39, 0.29) is 18.3 Å². The Hall–Kier alpha value is -0.280. The highest BCUT2D eigenvalue weighted by atomic mass is 35.5. The number of carbonyl (C=O) groups excluding carboxylic acids is 1. The maximum atomic E-state index is 11.8. The fraction of sp³-hybridized carbons (Fsp3) is 0.929. The van der Waals surface area contributed by atoms with Crippen LogP contribution >= 0.6 is 12.4 Å². The summed E-state index contributed by atoms with van der Waals surface area (Å²) in [6, 6.07) is 0.518. The van der Waals surface area contributed by atoms with Crippen molar-refractivity contribution in [3.63, 3.8) is 0 Å². The molecular weight excluding hydrogens is 248 g/mol. The highest BCUT2D eigenvalue weighted by Crippen LogP contribution is 2.30. The lowest BCUT2D eigenvalue weighted by molar-refractivity contribution is -0.122. The predicted molar refractivity (Wildman–Crippen MR) is 77.0 cm³/mol. The van der Waals surface area contributed by atoms with Crippen LogP contribution in [0, 0.1) is 11.8 Å². The van der Waals surface area contributed by atoms with Gasteiger partial charge in [-0.1, -0.05) is 19.8 Å². The lowest BCUT2D eigenvalue weighted by atomic mass is 9.81. The molecule has 1 aliphatic heterocycles. The normalized spacial score (nSPS) is 31.7. The smallest absolute Gasteiger partial charge is 0.220 e. The molecule has 0 aromatic heterocycles. The van der Waals surface area contributed by atoms with Crippen LogP contribution in [0.15, 0.2) is 0 Å². The van der Waals surface area contributed by atoms with Gasteiger partial charge in [0, 0.05) is 19.0 Å². The zero-order valence-corrected chi connectivity index (χ0v) is 12.2. The molecule has 0 aromatic rings. The molecule has 3 atom stereocenters. The van der Waals surface area contributed by atoms with Crippen LogP contribution in [0.25, 0.3) is 0 Å². The Balaban J connectivity index is 0.00000162. The summed E-state index contributed by atoms with van der Waals surface area (Å²) in [5.74, 6) is 1.71. The Labute approximate surface area is 117 Å². The fourth-order valence-electron chi connectivity index (χ4n) is 3.25. The average molecular weight is 275 g/mol. The van der Waals surface area contributed by atoms with Gasteiger partial charge in [-0.2, -0.15) is 0 Å². The molecule has 2 aliphatic rings. The van der Waals surface area contributed by atoms with Crippen LogP contribution in [0.2, 0.25) is 0 Å². The number of halogens is 1. The molecule has 2 N–H and O–H groups in total. The Morgan fingerprint density at radius 2 is 2.11 bits per heavy atom. The summed E-state index contributed by atoms with van der Waals surface area (Å²) >= 11 is 0. The second kappa shape index (κ2) is 8.00. The second-order valence-electron chi connectivity index (χ2n) is 5.94. The molecular formula is C14H27ClN2O. The van der Waals surface area contributed by atoms with Crippen molar-refractivity contribution in [1.82, 2.24) is 10.6 Å². The van der Waals surface area contributed by atoms with Crippen LogP contribution in [0.4, 0.5) is 0 Å². The topological polar surface area (TPSA) is 41.1 Å². The highest BCUT2D eigenvalue weighted by Gasteiger charge is 2.22. The van der Waals surface area contributed by atoms with E-state index >= 15 is 0 Å². The third kappa shape index (κ3) is 5.15. The van der Waals surface area contributed by atoms with Crippen molar-refractivity contribution >= 4 is 18.3 Å². The van der Waals surface area contributed by atoms with E-state index in [4.69, 9.17) is 0 Å². The first kappa shape index (κ1) is 15.8. The van der Waals surface area contributed by atoms with E-state index in [0.717, 1.165) is 25.4 Å². The van der Waals surface area contributed by atoms with E-state index < -0.39 is 0 Å². The molecule has 4 heteroatoms. The fourth-order valence-corrected chi connectivity index (χ4v) is 3.25. The van der Waals surface area contributed by atoms with E-state index in [0.29, 0.717) is 12.0 Å². The van der Waals surface area contributed by atoms with Crippen molar-refractivity contribution in [2.24, 2.45) is 11.8 Å². The number of amides is 1. The van der Waals surface area contributed by atoms with Crippen molar-refractivity contribution in [1.29, 1.82) is 0 Å². The summed E-state index contributed by atoms with van der Waals surface area (Å²) in [4.78, 5) is 11.8. The van der Waals surface area contributed by atoms with Gasteiger partial charge in [0.15, 0.2) is 0 Å². The largest absolute Gasteiger partial charge is 0.355 e. The molecule has 3 nitrogen and oxygen atoms in total. The van der Waals surface area contributed by atoms with Gasteiger partial charge in [0.2, 0.25) is 5.91 Å². The molecule has 0 aromatic carbocycles. The van der Waals surface area contributed by atoms with E-state index in [2.05, 4.69) is 17.6 Å². The average Bonchev–Trinajstić information content (AvgIpc) is 2.79. The van der Waals surface area contributed by atoms with Gasteiger partial charge < -0.3 is 10.6 Å². The van der Waals surface area contributed by atoms with E-state index in [1.54, 1.807) is 0 Å². The first-order valence-electron chi connectivity index (χ1n) is 7.24. The first-order valence-corrected chi connectivity index (χ1v) is 7.24. The molecule has 3 unspecified atom stereocenters. The van der Waals surface area contributed by atoms with Gasteiger partial charge in [0.1, 0.15) is 0 Å². The van der Waals surface area contributed by atoms with Crippen molar-refractivity contribution in [3.05, 3.63) is 0 Å². The van der Waals surface area contributed by atoms with Gasteiger partial charge >= 0.3 is 0 Å². The highest BCUT2D eigenvalue weighted by molar-refractivity contribution is 5.85. The lowest BCUT2D eigenvalue weighted by Gasteiger charge is -2.26. The van der Waals surface area contributed by atoms with E-state index in [1.807, 2.05) is 0 Å². The first-order chi connectivity index (χ1) is 8.24. The van der Waals surface area contributed by atoms with Gasteiger partial charge in [-0.05, 0) is 44.1 Å². The molecule has 1 amide bonds. The maximum absolute atomic E-state index is 11.8. The van der Waals surface area contributed by atoms with Crippen LogP contribution in [0.3, 0.4) is 0 Å². The van der Waals surface area contributed by atoms with Crippen LogP contribution in [0.1, 0.15) is 51.9 Å². The minimum absolute atomic E-state index is 0. The van der Waals surface area contributed by atoms with Gasteiger partial charge in [-0.15, -0.1) is 12.4 Å². The van der Waals surface area contributed by atoms with Gasteiger partial charge in [-0.25, -0.2) is 0 Å². The van der Waals surface area contributed by atoms with Crippen molar-refractivity contribution < 1.29 is 4.79 Å². The molecule has 0 bridgehead atoms. The molecule has 1 saturated carbocycles. The minimum Gasteiger partial charge on any atom is -0.355 e. The molecule has 1 saturated heterocycles. The summed E-state index contributed by atoms with van der Waals surface area (Å²) in [6.45, 7) is 4.24. The summed E-state index contributed by atoms with van der Waals surface area (Å²) in [5, 5.41) is 6.49. The number of rotatable bonds is 4. The summed E-state index contributed by atoms with van der Waals surface area (Å²) in [5.41, 5.74) is 0.